The normalized spacial score (nSPS) is 15.2. The number of benzene rings is 1. The lowest BCUT2D eigenvalue weighted by Gasteiger charge is -2.29. The van der Waals surface area contributed by atoms with Crippen LogP contribution in [0.25, 0.3) is 0 Å². The molecule has 4 heteroatoms. The van der Waals surface area contributed by atoms with Gasteiger partial charge in [0.1, 0.15) is 4.99 Å². The molecule has 1 aliphatic heterocycles. The lowest BCUT2D eigenvalue weighted by atomic mass is 10.1. The molecule has 1 aromatic carbocycles. The SMILES string of the molecule is CCOc1ccc(C(=S)N2CCCCC2)cc1OC. The average Bonchev–Trinajstić information content (AvgIpc) is 2.48. The van der Waals surface area contributed by atoms with Crippen molar-refractivity contribution < 1.29 is 9.47 Å². The predicted molar refractivity (Wildman–Crippen MR) is 81.3 cm³/mol. The first-order valence-electron chi connectivity index (χ1n) is 6.86. The fourth-order valence-corrected chi connectivity index (χ4v) is 2.66. The summed E-state index contributed by atoms with van der Waals surface area (Å²) in [6.07, 6.45) is 3.77. The van der Waals surface area contributed by atoms with E-state index in [-0.39, 0.29) is 0 Å². The molecule has 0 amide bonds. The Balaban J connectivity index is 2.17. The molecule has 0 bridgehead atoms. The van der Waals surface area contributed by atoms with E-state index >= 15 is 0 Å². The van der Waals surface area contributed by atoms with Gasteiger partial charge >= 0.3 is 0 Å². The van der Waals surface area contributed by atoms with Crippen molar-refractivity contribution in [2.24, 2.45) is 0 Å². The van der Waals surface area contributed by atoms with Crippen LogP contribution >= 0.6 is 12.2 Å². The highest BCUT2D eigenvalue weighted by atomic mass is 32.1. The third-order valence-electron chi connectivity index (χ3n) is 3.35. The van der Waals surface area contributed by atoms with E-state index < -0.39 is 0 Å². The zero-order valence-corrected chi connectivity index (χ0v) is 12.5. The minimum Gasteiger partial charge on any atom is -0.493 e. The van der Waals surface area contributed by atoms with Crippen molar-refractivity contribution >= 4 is 17.2 Å². The molecule has 0 saturated carbocycles. The van der Waals surface area contributed by atoms with Crippen molar-refractivity contribution in [1.29, 1.82) is 0 Å². The van der Waals surface area contributed by atoms with E-state index in [1.807, 2.05) is 25.1 Å². The fraction of sp³-hybridized carbons (Fsp3) is 0.533. The maximum Gasteiger partial charge on any atom is 0.161 e. The van der Waals surface area contributed by atoms with Crippen LogP contribution in [0.15, 0.2) is 18.2 Å². The highest BCUT2D eigenvalue weighted by Crippen LogP contribution is 2.29. The molecular weight excluding hydrogens is 258 g/mol. The summed E-state index contributed by atoms with van der Waals surface area (Å²) in [5.41, 5.74) is 1.04. The van der Waals surface area contributed by atoms with Crippen molar-refractivity contribution in [3.63, 3.8) is 0 Å². The molecule has 3 nitrogen and oxygen atoms in total. The molecule has 0 N–H and O–H groups in total. The van der Waals surface area contributed by atoms with Gasteiger partial charge in [0.05, 0.1) is 13.7 Å². The van der Waals surface area contributed by atoms with Gasteiger partial charge in [-0.2, -0.15) is 0 Å². The van der Waals surface area contributed by atoms with Crippen LogP contribution in [0.5, 0.6) is 11.5 Å². The first kappa shape index (κ1) is 14.1. The van der Waals surface area contributed by atoms with E-state index in [1.165, 1.54) is 19.3 Å². The number of hydrogen-bond donors (Lipinski definition) is 0. The monoisotopic (exact) mass is 279 g/mol. The van der Waals surface area contributed by atoms with Crippen molar-refractivity contribution in [2.75, 3.05) is 26.8 Å². The number of thiocarbonyl (C=S) groups is 1. The minimum absolute atomic E-state index is 0.631. The van der Waals surface area contributed by atoms with Crippen molar-refractivity contribution in [3.05, 3.63) is 23.8 Å². The molecule has 0 spiro atoms. The molecule has 104 valence electrons. The Morgan fingerprint density at radius 3 is 2.58 bits per heavy atom. The van der Waals surface area contributed by atoms with Gasteiger partial charge in [0.2, 0.25) is 0 Å². The molecule has 19 heavy (non-hydrogen) atoms. The first-order valence-corrected chi connectivity index (χ1v) is 7.27. The van der Waals surface area contributed by atoms with Crippen molar-refractivity contribution in [1.82, 2.24) is 4.90 Å². The number of hydrogen-bond acceptors (Lipinski definition) is 3. The largest absolute Gasteiger partial charge is 0.493 e. The summed E-state index contributed by atoms with van der Waals surface area (Å²) in [6.45, 7) is 4.72. The summed E-state index contributed by atoms with van der Waals surface area (Å²) in [6, 6.07) is 5.93. The maximum atomic E-state index is 5.59. The summed E-state index contributed by atoms with van der Waals surface area (Å²) in [4.78, 5) is 3.20. The molecule has 0 aromatic heterocycles. The van der Waals surface area contributed by atoms with Crippen LogP contribution in [0.2, 0.25) is 0 Å². The highest BCUT2D eigenvalue weighted by molar-refractivity contribution is 7.80. The molecule has 0 radical (unpaired) electrons. The second-order valence-corrected chi connectivity index (χ2v) is 5.04. The maximum absolute atomic E-state index is 5.59. The Labute approximate surface area is 120 Å². The fourth-order valence-electron chi connectivity index (χ4n) is 2.35. The summed E-state index contributed by atoms with van der Waals surface area (Å²) < 4.78 is 10.9. The van der Waals surface area contributed by atoms with Crippen LogP contribution in [-0.4, -0.2) is 36.7 Å². The Bertz CT molecular complexity index is 442. The van der Waals surface area contributed by atoms with Crippen LogP contribution < -0.4 is 9.47 Å². The third-order valence-corrected chi connectivity index (χ3v) is 3.85. The molecule has 0 aliphatic carbocycles. The topological polar surface area (TPSA) is 21.7 Å². The summed E-state index contributed by atoms with van der Waals surface area (Å²) >= 11 is 5.59. The second kappa shape index (κ2) is 6.75. The highest BCUT2D eigenvalue weighted by Gasteiger charge is 2.16. The van der Waals surface area contributed by atoms with E-state index in [4.69, 9.17) is 21.7 Å². The molecule has 0 atom stereocenters. The van der Waals surface area contributed by atoms with Crippen LogP contribution in [0.1, 0.15) is 31.7 Å². The van der Waals surface area contributed by atoms with E-state index in [2.05, 4.69) is 4.90 Å². The van der Waals surface area contributed by atoms with Crippen molar-refractivity contribution in [2.45, 2.75) is 26.2 Å². The lowest BCUT2D eigenvalue weighted by Crippen LogP contribution is -2.34. The quantitative estimate of drug-likeness (QED) is 0.789. The Morgan fingerprint density at radius 2 is 1.95 bits per heavy atom. The van der Waals surface area contributed by atoms with E-state index in [9.17, 15) is 0 Å². The third kappa shape index (κ3) is 3.38. The number of rotatable bonds is 4. The van der Waals surface area contributed by atoms with Crippen LogP contribution in [-0.2, 0) is 0 Å². The molecule has 1 fully saturated rings. The minimum atomic E-state index is 0.631. The number of nitrogens with zero attached hydrogens (tertiary/aromatic N) is 1. The van der Waals surface area contributed by atoms with Crippen molar-refractivity contribution in [3.8, 4) is 11.5 Å². The standard InChI is InChI=1S/C15H21NO2S/c1-3-18-13-8-7-12(11-14(13)17-2)15(19)16-9-5-4-6-10-16/h7-8,11H,3-6,9-10H2,1-2H3. The van der Waals surface area contributed by atoms with Crippen LogP contribution in [0, 0.1) is 0 Å². The zero-order chi connectivity index (χ0) is 13.7. The van der Waals surface area contributed by atoms with Gasteiger partial charge in [0, 0.05) is 18.7 Å². The predicted octanol–water partition coefficient (Wildman–Crippen LogP) is 3.26. The Morgan fingerprint density at radius 1 is 1.21 bits per heavy atom. The first-order chi connectivity index (χ1) is 9.26. The Hall–Kier alpha value is -1.29. The van der Waals surface area contributed by atoms with Gasteiger partial charge in [-0.3, -0.25) is 0 Å². The van der Waals surface area contributed by atoms with Gasteiger partial charge < -0.3 is 14.4 Å². The number of methoxy groups -OCH3 is 1. The molecule has 2 rings (SSSR count). The number of piperidine rings is 1. The molecule has 0 unspecified atom stereocenters. The summed E-state index contributed by atoms with van der Waals surface area (Å²) in [7, 11) is 1.66. The van der Waals surface area contributed by atoms with E-state index in [0.717, 1.165) is 35.1 Å². The zero-order valence-electron chi connectivity index (χ0n) is 11.6. The van der Waals surface area contributed by atoms with Gasteiger partial charge in [0.15, 0.2) is 11.5 Å². The van der Waals surface area contributed by atoms with Gasteiger partial charge in [0.25, 0.3) is 0 Å². The average molecular weight is 279 g/mol. The molecule has 1 heterocycles. The second-order valence-electron chi connectivity index (χ2n) is 4.65. The van der Waals surface area contributed by atoms with Gasteiger partial charge in [-0.1, -0.05) is 12.2 Å². The van der Waals surface area contributed by atoms with E-state index in [0.29, 0.717) is 6.61 Å². The smallest absolute Gasteiger partial charge is 0.161 e. The molecule has 1 aliphatic rings. The van der Waals surface area contributed by atoms with Crippen LogP contribution in [0.3, 0.4) is 0 Å². The summed E-state index contributed by atoms with van der Waals surface area (Å²) in [5.74, 6) is 1.52. The Kier molecular flexibility index (Phi) is 5.02. The summed E-state index contributed by atoms with van der Waals surface area (Å²) in [5, 5.41) is 0. The molecular formula is C15H21NO2S. The number of likely N-dealkylation sites (tertiary alicyclic amines) is 1. The molecule has 1 saturated heterocycles. The van der Waals surface area contributed by atoms with Crippen LogP contribution in [0.4, 0.5) is 0 Å². The van der Waals surface area contributed by atoms with Gasteiger partial charge in [-0.05, 0) is 44.4 Å². The van der Waals surface area contributed by atoms with E-state index in [1.54, 1.807) is 7.11 Å². The van der Waals surface area contributed by atoms with Gasteiger partial charge in [-0.15, -0.1) is 0 Å². The lowest BCUT2D eigenvalue weighted by molar-refractivity contribution is 0.310. The molecule has 1 aromatic rings. The van der Waals surface area contributed by atoms with Gasteiger partial charge in [-0.25, -0.2) is 0 Å². The number of ether oxygens (including phenoxy) is 2.